The first-order chi connectivity index (χ1) is 12.7. The minimum absolute atomic E-state index is 0.00496. The van der Waals surface area contributed by atoms with Gasteiger partial charge in [-0.15, -0.1) is 11.3 Å². The highest BCUT2D eigenvalue weighted by Crippen LogP contribution is 2.39. The summed E-state index contributed by atoms with van der Waals surface area (Å²) in [6.07, 6.45) is 5.40. The largest absolute Gasteiger partial charge is 0.462 e. The Kier molecular flexibility index (Phi) is 5.19. The molecule has 7 nitrogen and oxygen atoms in total. The number of hydrogen-bond donors (Lipinski definition) is 1. The van der Waals surface area contributed by atoms with Crippen molar-refractivity contribution in [3.63, 3.8) is 0 Å². The number of esters is 1. The standard InChI is InChI=1S/C19H25N5O2S/c1-7-26-18(25)14-11(2)13-16(20-10-21-17(13)27-14)23-15(19(3,4)5)12-8-22-24(6)9-12/h8-10,15H,7H2,1-6H3,(H,20,21,23)/t15-/m0/s1. The third-order valence-corrected chi connectivity index (χ3v) is 5.57. The molecule has 8 heteroatoms. The van der Waals surface area contributed by atoms with Crippen LogP contribution in [0.2, 0.25) is 0 Å². The lowest BCUT2D eigenvalue weighted by Crippen LogP contribution is -2.26. The Bertz CT molecular complexity index is 970. The average Bonchev–Trinajstić information content (AvgIpc) is 3.16. The highest BCUT2D eigenvalue weighted by atomic mass is 32.1. The van der Waals surface area contributed by atoms with Crippen molar-refractivity contribution in [2.24, 2.45) is 12.5 Å². The number of thiophene rings is 1. The summed E-state index contributed by atoms with van der Waals surface area (Å²) in [5.74, 6) is 0.400. The van der Waals surface area contributed by atoms with E-state index in [1.165, 1.54) is 17.7 Å². The molecule has 0 saturated carbocycles. The van der Waals surface area contributed by atoms with E-state index < -0.39 is 0 Å². The fourth-order valence-corrected chi connectivity index (χ4v) is 4.14. The maximum Gasteiger partial charge on any atom is 0.348 e. The van der Waals surface area contributed by atoms with Crippen molar-refractivity contribution in [3.8, 4) is 0 Å². The SMILES string of the molecule is CCOC(=O)c1sc2ncnc(N[C@@H](c3cnn(C)c3)C(C)(C)C)c2c1C. The third kappa shape index (κ3) is 3.80. The van der Waals surface area contributed by atoms with Gasteiger partial charge in [-0.25, -0.2) is 14.8 Å². The molecule has 3 aromatic rings. The molecule has 3 heterocycles. The zero-order valence-corrected chi connectivity index (χ0v) is 17.3. The molecular formula is C19H25N5O2S. The van der Waals surface area contributed by atoms with Gasteiger partial charge in [0.1, 0.15) is 21.9 Å². The molecule has 3 rings (SSSR count). The van der Waals surface area contributed by atoms with Gasteiger partial charge in [-0.1, -0.05) is 20.8 Å². The molecule has 0 aromatic carbocycles. The topological polar surface area (TPSA) is 81.9 Å². The fraction of sp³-hybridized carbons (Fsp3) is 0.474. The van der Waals surface area contributed by atoms with Gasteiger partial charge in [-0.05, 0) is 24.8 Å². The number of rotatable bonds is 5. The third-order valence-electron chi connectivity index (χ3n) is 4.39. The van der Waals surface area contributed by atoms with Crippen LogP contribution in [0.4, 0.5) is 5.82 Å². The predicted molar refractivity (Wildman–Crippen MR) is 107 cm³/mol. The van der Waals surface area contributed by atoms with Gasteiger partial charge >= 0.3 is 5.97 Å². The number of aryl methyl sites for hydroxylation is 2. The zero-order valence-electron chi connectivity index (χ0n) is 16.5. The molecule has 0 saturated heterocycles. The number of anilines is 1. The Morgan fingerprint density at radius 1 is 1.37 bits per heavy atom. The molecule has 0 unspecified atom stereocenters. The number of hydrogen-bond acceptors (Lipinski definition) is 7. The number of nitrogens with zero attached hydrogens (tertiary/aromatic N) is 4. The quantitative estimate of drug-likeness (QED) is 0.664. The molecular weight excluding hydrogens is 362 g/mol. The van der Waals surface area contributed by atoms with Crippen molar-refractivity contribution in [1.82, 2.24) is 19.7 Å². The number of fused-ring (bicyclic) bond motifs is 1. The summed E-state index contributed by atoms with van der Waals surface area (Å²) in [7, 11) is 1.90. The van der Waals surface area contributed by atoms with Gasteiger partial charge < -0.3 is 10.1 Å². The fourth-order valence-electron chi connectivity index (χ4n) is 3.10. The van der Waals surface area contributed by atoms with Crippen molar-refractivity contribution in [3.05, 3.63) is 34.7 Å². The summed E-state index contributed by atoms with van der Waals surface area (Å²) in [5.41, 5.74) is 1.85. The van der Waals surface area contributed by atoms with Crippen LogP contribution in [0.15, 0.2) is 18.7 Å². The van der Waals surface area contributed by atoms with Crippen molar-refractivity contribution in [1.29, 1.82) is 0 Å². The molecule has 144 valence electrons. The van der Waals surface area contributed by atoms with E-state index in [9.17, 15) is 4.79 Å². The monoisotopic (exact) mass is 387 g/mol. The second-order valence-electron chi connectivity index (χ2n) is 7.57. The molecule has 0 aliphatic heterocycles. The summed E-state index contributed by atoms with van der Waals surface area (Å²) in [4.78, 5) is 22.4. The molecule has 0 aliphatic rings. The van der Waals surface area contributed by atoms with Crippen LogP contribution in [-0.2, 0) is 11.8 Å². The van der Waals surface area contributed by atoms with Crippen molar-refractivity contribution >= 4 is 33.3 Å². The molecule has 0 bridgehead atoms. The molecule has 3 aromatic heterocycles. The smallest absolute Gasteiger partial charge is 0.348 e. The predicted octanol–water partition coefficient (Wildman–Crippen LogP) is 4.11. The van der Waals surface area contributed by atoms with E-state index in [4.69, 9.17) is 4.74 Å². The lowest BCUT2D eigenvalue weighted by molar-refractivity contribution is 0.0531. The molecule has 0 amide bonds. The number of aromatic nitrogens is 4. The van der Waals surface area contributed by atoms with E-state index in [-0.39, 0.29) is 17.4 Å². The van der Waals surface area contributed by atoms with Crippen LogP contribution in [0.25, 0.3) is 10.2 Å². The van der Waals surface area contributed by atoms with Gasteiger partial charge in [-0.2, -0.15) is 5.10 Å². The van der Waals surface area contributed by atoms with Crippen molar-refractivity contribution < 1.29 is 9.53 Å². The van der Waals surface area contributed by atoms with E-state index in [0.717, 1.165) is 21.3 Å². The first-order valence-electron chi connectivity index (χ1n) is 8.88. The molecule has 0 aliphatic carbocycles. The summed E-state index contributed by atoms with van der Waals surface area (Å²) >= 11 is 1.34. The van der Waals surface area contributed by atoms with Gasteiger partial charge in [0.25, 0.3) is 0 Å². The van der Waals surface area contributed by atoms with Crippen LogP contribution >= 0.6 is 11.3 Å². The Hall–Kier alpha value is -2.48. The van der Waals surface area contributed by atoms with E-state index in [2.05, 4.69) is 41.2 Å². The van der Waals surface area contributed by atoms with Crippen LogP contribution in [0.1, 0.15) is 54.5 Å². The highest BCUT2D eigenvalue weighted by Gasteiger charge is 2.29. The minimum atomic E-state index is -0.316. The van der Waals surface area contributed by atoms with Gasteiger partial charge in [0.2, 0.25) is 0 Å². The van der Waals surface area contributed by atoms with Gasteiger partial charge in [0.15, 0.2) is 0 Å². The zero-order chi connectivity index (χ0) is 19.8. The first-order valence-corrected chi connectivity index (χ1v) is 9.70. The molecule has 1 N–H and O–H groups in total. The summed E-state index contributed by atoms with van der Waals surface area (Å²) in [6.45, 7) is 10.6. The normalized spacial score (nSPS) is 13.0. The van der Waals surface area contributed by atoms with E-state index in [1.807, 2.05) is 26.4 Å². The van der Waals surface area contributed by atoms with Gasteiger partial charge in [0, 0.05) is 18.8 Å². The van der Waals surface area contributed by atoms with Crippen LogP contribution in [-0.4, -0.2) is 32.3 Å². The van der Waals surface area contributed by atoms with E-state index >= 15 is 0 Å². The lowest BCUT2D eigenvalue weighted by atomic mass is 9.83. The molecule has 27 heavy (non-hydrogen) atoms. The van der Waals surface area contributed by atoms with E-state index in [1.54, 1.807) is 11.6 Å². The minimum Gasteiger partial charge on any atom is -0.462 e. The number of nitrogens with one attached hydrogen (secondary N) is 1. The first kappa shape index (κ1) is 19.3. The van der Waals surface area contributed by atoms with Crippen LogP contribution in [0.5, 0.6) is 0 Å². The summed E-state index contributed by atoms with van der Waals surface area (Å²) < 4.78 is 6.97. The Labute approximate surface area is 162 Å². The Balaban J connectivity index is 2.06. The maximum absolute atomic E-state index is 12.3. The summed E-state index contributed by atoms with van der Waals surface area (Å²) in [5, 5.41) is 8.74. The Morgan fingerprint density at radius 3 is 2.70 bits per heavy atom. The molecule has 1 atom stereocenters. The number of carbonyl (C=O) groups is 1. The van der Waals surface area contributed by atoms with E-state index in [0.29, 0.717) is 17.3 Å². The average molecular weight is 388 g/mol. The Morgan fingerprint density at radius 2 is 2.11 bits per heavy atom. The highest BCUT2D eigenvalue weighted by molar-refractivity contribution is 7.20. The number of ether oxygens (including phenoxy) is 1. The number of carbonyl (C=O) groups excluding carboxylic acids is 1. The lowest BCUT2D eigenvalue weighted by Gasteiger charge is -2.31. The van der Waals surface area contributed by atoms with Crippen LogP contribution in [0, 0.1) is 12.3 Å². The summed E-state index contributed by atoms with van der Waals surface area (Å²) in [6, 6.07) is -0.00496. The molecule has 0 fully saturated rings. The molecule has 0 radical (unpaired) electrons. The second kappa shape index (κ2) is 7.26. The van der Waals surface area contributed by atoms with Crippen LogP contribution < -0.4 is 5.32 Å². The van der Waals surface area contributed by atoms with Crippen molar-refractivity contribution in [2.75, 3.05) is 11.9 Å². The molecule has 0 spiro atoms. The van der Waals surface area contributed by atoms with Gasteiger partial charge in [-0.3, -0.25) is 4.68 Å². The van der Waals surface area contributed by atoms with Gasteiger partial charge in [0.05, 0.1) is 24.2 Å². The second-order valence-corrected chi connectivity index (χ2v) is 8.57. The van der Waals surface area contributed by atoms with Crippen LogP contribution in [0.3, 0.4) is 0 Å². The van der Waals surface area contributed by atoms with Crippen molar-refractivity contribution in [2.45, 2.75) is 40.7 Å². The maximum atomic E-state index is 12.3.